The number of aliphatic carboxylic acids is 1. The summed E-state index contributed by atoms with van der Waals surface area (Å²) in [5.41, 5.74) is 0. The van der Waals surface area contributed by atoms with Crippen molar-refractivity contribution in [2.24, 2.45) is 0 Å². The highest BCUT2D eigenvalue weighted by Crippen LogP contribution is 1.97. The molecule has 0 aromatic rings. The highest BCUT2D eigenvalue weighted by molar-refractivity contribution is 5.93. The maximum Gasteiger partial charge on any atom is 0.303 e. The summed E-state index contributed by atoms with van der Waals surface area (Å²) in [6.45, 7) is 6.63. The van der Waals surface area contributed by atoms with Crippen LogP contribution in [0, 0.1) is 0 Å². The predicted molar refractivity (Wildman–Crippen MR) is 93.0 cm³/mol. The third-order valence-electron chi connectivity index (χ3n) is 3.42. The third kappa shape index (κ3) is 9.60. The Morgan fingerprint density at radius 3 is 1.69 bits per heavy atom. The molecule has 0 aromatic carbocycles. The molecule has 0 bridgehead atoms. The quantitative estimate of drug-likeness (QED) is 0.310. The molecule has 0 fully saturated rings. The van der Waals surface area contributed by atoms with Gasteiger partial charge in [0.05, 0.1) is 0 Å². The van der Waals surface area contributed by atoms with Gasteiger partial charge in [0, 0.05) is 19.4 Å². The minimum atomic E-state index is -0.995. The van der Waals surface area contributed by atoms with E-state index in [0.29, 0.717) is 6.54 Å². The maximum absolute atomic E-state index is 12.0. The highest BCUT2D eigenvalue weighted by Gasteiger charge is 2.23. The molecule has 10 nitrogen and oxygen atoms in total. The van der Waals surface area contributed by atoms with E-state index in [-0.39, 0.29) is 25.2 Å². The predicted octanol–water partition coefficient (Wildman–Crippen LogP) is -1.11. The Kier molecular flexibility index (Phi) is 10.6. The van der Waals surface area contributed by atoms with E-state index in [0.717, 1.165) is 0 Å². The topological polar surface area (TPSA) is 154 Å². The fourth-order valence-corrected chi connectivity index (χ4v) is 1.91. The molecule has 0 radical (unpaired) electrons. The average molecular weight is 372 g/mol. The van der Waals surface area contributed by atoms with Gasteiger partial charge in [0.15, 0.2) is 0 Å². The fourth-order valence-electron chi connectivity index (χ4n) is 1.91. The number of carbonyl (C=O) groups excluding carboxylic acids is 4. The lowest BCUT2D eigenvalue weighted by Gasteiger charge is -2.20. The molecule has 0 aliphatic carbocycles. The fraction of sp³-hybridized carbons (Fsp3) is 0.688. The van der Waals surface area contributed by atoms with Gasteiger partial charge in [0.2, 0.25) is 23.6 Å². The van der Waals surface area contributed by atoms with Gasteiger partial charge in [-0.2, -0.15) is 0 Å². The Labute approximate surface area is 152 Å². The monoisotopic (exact) mass is 372 g/mol. The number of hydrogen-bond acceptors (Lipinski definition) is 5. The molecular weight excluding hydrogens is 344 g/mol. The molecule has 0 aliphatic heterocycles. The number of carboxylic acid groups (broad SMARTS) is 1. The first kappa shape index (κ1) is 23.4. The Morgan fingerprint density at radius 2 is 1.23 bits per heavy atom. The van der Waals surface area contributed by atoms with Crippen molar-refractivity contribution < 1.29 is 29.1 Å². The Balaban J connectivity index is 4.33. The number of carboxylic acids is 1. The number of rotatable bonds is 11. The van der Waals surface area contributed by atoms with Gasteiger partial charge in [-0.05, 0) is 34.1 Å². The molecule has 3 atom stereocenters. The van der Waals surface area contributed by atoms with Crippen molar-refractivity contribution in [1.29, 1.82) is 0 Å². The van der Waals surface area contributed by atoms with Crippen LogP contribution in [-0.4, -0.2) is 59.4 Å². The van der Waals surface area contributed by atoms with E-state index in [4.69, 9.17) is 5.11 Å². The molecule has 0 rings (SSSR count). The van der Waals surface area contributed by atoms with Crippen LogP contribution in [0.5, 0.6) is 0 Å². The minimum absolute atomic E-state index is 0.00991. The van der Waals surface area contributed by atoms with Crippen molar-refractivity contribution in [3.63, 3.8) is 0 Å². The van der Waals surface area contributed by atoms with Gasteiger partial charge >= 0.3 is 5.97 Å². The number of nitrogens with one attached hydrogen (secondary N) is 4. The van der Waals surface area contributed by atoms with E-state index in [2.05, 4.69) is 21.3 Å². The SMILES string of the molecule is CCNC(=O)[C@H](C)NC(=O)[C@H](C)NC(=O)[C@H](C)NC(=O)CCCC(=O)O. The number of likely N-dealkylation sites (N-methyl/N-ethyl adjacent to an activating group) is 1. The largest absolute Gasteiger partial charge is 0.481 e. The molecule has 0 spiro atoms. The van der Waals surface area contributed by atoms with E-state index in [1.807, 2.05) is 0 Å². The molecule has 10 heteroatoms. The Morgan fingerprint density at radius 1 is 0.769 bits per heavy atom. The summed E-state index contributed by atoms with van der Waals surface area (Å²) in [5.74, 6) is -2.87. The first-order chi connectivity index (χ1) is 12.1. The van der Waals surface area contributed by atoms with E-state index >= 15 is 0 Å². The third-order valence-corrected chi connectivity index (χ3v) is 3.42. The number of carbonyl (C=O) groups is 5. The number of amides is 4. The molecule has 0 saturated heterocycles. The Hall–Kier alpha value is -2.65. The van der Waals surface area contributed by atoms with Crippen LogP contribution in [0.4, 0.5) is 0 Å². The summed E-state index contributed by atoms with van der Waals surface area (Å²) in [7, 11) is 0. The zero-order chi connectivity index (χ0) is 20.3. The summed E-state index contributed by atoms with van der Waals surface area (Å²) in [6, 6.07) is -2.53. The summed E-state index contributed by atoms with van der Waals surface area (Å²) in [5, 5.41) is 18.4. The van der Waals surface area contributed by atoms with E-state index in [1.54, 1.807) is 6.92 Å². The van der Waals surface area contributed by atoms with Crippen molar-refractivity contribution in [1.82, 2.24) is 21.3 Å². The normalized spacial score (nSPS) is 13.7. The van der Waals surface area contributed by atoms with Crippen molar-refractivity contribution in [2.45, 2.75) is 65.1 Å². The van der Waals surface area contributed by atoms with E-state index < -0.39 is 41.8 Å². The lowest BCUT2D eigenvalue weighted by atomic mass is 10.2. The summed E-state index contributed by atoms with van der Waals surface area (Å²) >= 11 is 0. The molecule has 0 heterocycles. The van der Waals surface area contributed by atoms with Gasteiger partial charge in [0.25, 0.3) is 0 Å². The zero-order valence-corrected chi connectivity index (χ0v) is 15.5. The lowest BCUT2D eigenvalue weighted by molar-refractivity contribution is -0.137. The Bertz CT molecular complexity index is 537. The van der Waals surface area contributed by atoms with Crippen LogP contribution in [0.15, 0.2) is 0 Å². The van der Waals surface area contributed by atoms with Crippen molar-refractivity contribution in [2.75, 3.05) is 6.54 Å². The second-order valence-corrected chi connectivity index (χ2v) is 5.89. The second-order valence-electron chi connectivity index (χ2n) is 5.89. The van der Waals surface area contributed by atoms with Crippen LogP contribution in [0.25, 0.3) is 0 Å². The molecule has 0 unspecified atom stereocenters. The molecule has 0 aromatic heterocycles. The average Bonchev–Trinajstić information content (AvgIpc) is 2.54. The van der Waals surface area contributed by atoms with Gasteiger partial charge in [0.1, 0.15) is 18.1 Å². The van der Waals surface area contributed by atoms with E-state index in [9.17, 15) is 24.0 Å². The van der Waals surface area contributed by atoms with Crippen LogP contribution < -0.4 is 21.3 Å². The van der Waals surface area contributed by atoms with Crippen molar-refractivity contribution in [3.05, 3.63) is 0 Å². The van der Waals surface area contributed by atoms with Crippen LogP contribution in [0.2, 0.25) is 0 Å². The van der Waals surface area contributed by atoms with Gasteiger partial charge in [-0.3, -0.25) is 24.0 Å². The standard InChI is InChI=1S/C16H28N4O6/c1-5-17-14(24)9(2)19-16(26)11(4)20-15(25)10(3)18-12(21)7-6-8-13(22)23/h9-11H,5-8H2,1-4H3,(H,17,24)(H,18,21)(H,19,26)(H,20,25)(H,22,23)/t9-,10-,11-/m0/s1. The highest BCUT2D eigenvalue weighted by atomic mass is 16.4. The van der Waals surface area contributed by atoms with Crippen LogP contribution >= 0.6 is 0 Å². The smallest absolute Gasteiger partial charge is 0.303 e. The van der Waals surface area contributed by atoms with Crippen LogP contribution in [0.1, 0.15) is 47.0 Å². The minimum Gasteiger partial charge on any atom is -0.481 e. The molecular formula is C16H28N4O6. The van der Waals surface area contributed by atoms with Crippen molar-refractivity contribution >= 4 is 29.6 Å². The van der Waals surface area contributed by atoms with Gasteiger partial charge in [-0.15, -0.1) is 0 Å². The summed E-state index contributed by atoms with van der Waals surface area (Å²) < 4.78 is 0. The van der Waals surface area contributed by atoms with E-state index in [1.165, 1.54) is 20.8 Å². The summed E-state index contributed by atoms with van der Waals surface area (Å²) in [4.78, 5) is 57.6. The first-order valence-electron chi connectivity index (χ1n) is 8.48. The summed E-state index contributed by atoms with van der Waals surface area (Å²) in [6.07, 6.45) is 0.0328. The zero-order valence-electron chi connectivity index (χ0n) is 15.5. The van der Waals surface area contributed by atoms with Crippen LogP contribution in [-0.2, 0) is 24.0 Å². The number of hydrogen-bond donors (Lipinski definition) is 5. The van der Waals surface area contributed by atoms with Gasteiger partial charge in [-0.1, -0.05) is 0 Å². The molecule has 0 saturated carbocycles. The lowest BCUT2D eigenvalue weighted by Crippen LogP contribution is -2.54. The molecule has 5 N–H and O–H groups in total. The van der Waals surface area contributed by atoms with Crippen LogP contribution in [0.3, 0.4) is 0 Å². The van der Waals surface area contributed by atoms with Gasteiger partial charge < -0.3 is 26.4 Å². The van der Waals surface area contributed by atoms with Gasteiger partial charge in [-0.25, -0.2) is 0 Å². The molecule has 0 aliphatic rings. The molecule has 148 valence electrons. The van der Waals surface area contributed by atoms with Crippen molar-refractivity contribution in [3.8, 4) is 0 Å². The molecule has 4 amide bonds. The maximum atomic E-state index is 12.0. The second kappa shape index (κ2) is 11.8. The molecule has 26 heavy (non-hydrogen) atoms. The first-order valence-corrected chi connectivity index (χ1v) is 8.48.